The van der Waals surface area contributed by atoms with E-state index in [2.05, 4.69) is 48.5 Å². The van der Waals surface area contributed by atoms with Gasteiger partial charge in [-0.15, -0.1) is 0 Å². The second-order valence-electron chi connectivity index (χ2n) is 6.82. The maximum atomic E-state index is 5.98. The van der Waals surface area contributed by atoms with Crippen molar-refractivity contribution < 1.29 is 4.74 Å². The van der Waals surface area contributed by atoms with Crippen LogP contribution in [0.3, 0.4) is 0 Å². The van der Waals surface area contributed by atoms with Gasteiger partial charge in [0.1, 0.15) is 0 Å². The zero-order valence-electron chi connectivity index (χ0n) is 10.8. The Morgan fingerprint density at radius 2 is 1.57 bits per heavy atom. The van der Waals surface area contributed by atoms with Crippen molar-refractivity contribution in [3.05, 3.63) is 0 Å². The summed E-state index contributed by atoms with van der Waals surface area (Å²) in [7, 11) is 0. The second-order valence-corrected chi connectivity index (χ2v) is 6.82. The molecule has 1 aliphatic carbocycles. The lowest BCUT2D eigenvalue weighted by Gasteiger charge is -2.28. The third-order valence-corrected chi connectivity index (χ3v) is 3.29. The zero-order chi connectivity index (χ0) is 11.1. The quantitative estimate of drug-likeness (QED) is 0.654. The highest BCUT2D eigenvalue weighted by atomic mass is 16.5. The SMILES string of the molecule is CC(C1CC1OC(C)(C)C)C(C)(C)C. The summed E-state index contributed by atoms with van der Waals surface area (Å²) in [6.45, 7) is 15.8. The molecule has 3 unspecified atom stereocenters. The Hall–Kier alpha value is -0.0400. The van der Waals surface area contributed by atoms with Crippen molar-refractivity contribution in [3.8, 4) is 0 Å². The molecule has 84 valence electrons. The van der Waals surface area contributed by atoms with Gasteiger partial charge in [-0.05, 0) is 44.4 Å². The van der Waals surface area contributed by atoms with Crippen LogP contribution in [0.4, 0.5) is 0 Å². The Labute approximate surface area is 89.2 Å². The number of ether oxygens (including phenoxy) is 1. The van der Waals surface area contributed by atoms with Crippen molar-refractivity contribution in [2.45, 2.75) is 66.6 Å². The third kappa shape index (κ3) is 3.27. The summed E-state index contributed by atoms with van der Waals surface area (Å²) in [5.74, 6) is 1.55. The molecule has 0 N–H and O–H groups in total. The van der Waals surface area contributed by atoms with Crippen LogP contribution in [0.2, 0.25) is 0 Å². The van der Waals surface area contributed by atoms with Gasteiger partial charge in [0.15, 0.2) is 0 Å². The van der Waals surface area contributed by atoms with Crippen LogP contribution in [0.5, 0.6) is 0 Å². The maximum absolute atomic E-state index is 5.98. The average Bonchev–Trinajstić information content (AvgIpc) is 2.60. The molecule has 1 fully saturated rings. The zero-order valence-corrected chi connectivity index (χ0v) is 10.8. The number of hydrogen-bond donors (Lipinski definition) is 0. The van der Waals surface area contributed by atoms with E-state index >= 15 is 0 Å². The molecular weight excluding hydrogens is 172 g/mol. The van der Waals surface area contributed by atoms with E-state index in [1.165, 1.54) is 6.42 Å². The lowest BCUT2D eigenvalue weighted by atomic mass is 9.79. The first-order valence-electron chi connectivity index (χ1n) is 5.79. The molecule has 0 aromatic rings. The van der Waals surface area contributed by atoms with Crippen molar-refractivity contribution in [2.24, 2.45) is 17.3 Å². The number of hydrogen-bond acceptors (Lipinski definition) is 1. The van der Waals surface area contributed by atoms with Gasteiger partial charge in [-0.1, -0.05) is 27.7 Å². The van der Waals surface area contributed by atoms with Crippen molar-refractivity contribution in [3.63, 3.8) is 0 Å². The van der Waals surface area contributed by atoms with Crippen molar-refractivity contribution >= 4 is 0 Å². The van der Waals surface area contributed by atoms with Crippen LogP contribution in [0, 0.1) is 17.3 Å². The average molecular weight is 198 g/mol. The van der Waals surface area contributed by atoms with Gasteiger partial charge in [0.25, 0.3) is 0 Å². The fourth-order valence-electron chi connectivity index (χ4n) is 1.95. The summed E-state index contributed by atoms with van der Waals surface area (Å²) in [4.78, 5) is 0. The molecule has 1 saturated carbocycles. The minimum Gasteiger partial charge on any atom is -0.372 e. The first-order valence-corrected chi connectivity index (χ1v) is 5.79. The van der Waals surface area contributed by atoms with Crippen LogP contribution >= 0.6 is 0 Å². The van der Waals surface area contributed by atoms with Crippen LogP contribution in [-0.2, 0) is 4.74 Å². The molecular formula is C13H26O. The molecule has 0 heterocycles. The largest absolute Gasteiger partial charge is 0.372 e. The highest BCUT2D eigenvalue weighted by Gasteiger charge is 2.47. The van der Waals surface area contributed by atoms with Crippen LogP contribution in [0.1, 0.15) is 54.9 Å². The van der Waals surface area contributed by atoms with Crippen LogP contribution in [-0.4, -0.2) is 11.7 Å². The lowest BCUT2D eigenvalue weighted by Crippen LogP contribution is -2.25. The Kier molecular flexibility index (Phi) is 3.02. The van der Waals surface area contributed by atoms with E-state index in [9.17, 15) is 0 Å². The lowest BCUT2D eigenvalue weighted by molar-refractivity contribution is -0.0285. The fraction of sp³-hybridized carbons (Fsp3) is 1.00. The van der Waals surface area contributed by atoms with Gasteiger partial charge in [0.05, 0.1) is 11.7 Å². The third-order valence-electron chi connectivity index (χ3n) is 3.29. The van der Waals surface area contributed by atoms with E-state index in [1.807, 2.05) is 0 Å². The summed E-state index contributed by atoms with van der Waals surface area (Å²) >= 11 is 0. The molecule has 0 radical (unpaired) electrons. The predicted molar refractivity (Wildman–Crippen MR) is 61.4 cm³/mol. The maximum Gasteiger partial charge on any atom is 0.0617 e. The highest BCUT2D eigenvalue weighted by molar-refractivity contribution is 4.96. The van der Waals surface area contributed by atoms with E-state index in [-0.39, 0.29) is 5.60 Å². The van der Waals surface area contributed by atoms with Crippen molar-refractivity contribution in [1.29, 1.82) is 0 Å². The monoisotopic (exact) mass is 198 g/mol. The molecule has 1 aliphatic rings. The van der Waals surface area contributed by atoms with E-state index in [0.29, 0.717) is 11.5 Å². The molecule has 0 amide bonds. The molecule has 0 aromatic heterocycles. The van der Waals surface area contributed by atoms with Crippen LogP contribution < -0.4 is 0 Å². The van der Waals surface area contributed by atoms with Gasteiger partial charge in [-0.3, -0.25) is 0 Å². The van der Waals surface area contributed by atoms with Gasteiger partial charge in [-0.2, -0.15) is 0 Å². The summed E-state index contributed by atoms with van der Waals surface area (Å²) in [6.07, 6.45) is 1.78. The summed E-state index contributed by atoms with van der Waals surface area (Å²) < 4.78 is 5.98. The molecule has 0 saturated heterocycles. The Balaban J connectivity index is 2.40. The Morgan fingerprint density at radius 1 is 1.07 bits per heavy atom. The normalized spacial score (nSPS) is 30.2. The van der Waals surface area contributed by atoms with Crippen LogP contribution in [0.15, 0.2) is 0 Å². The van der Waals surface area contributed by atoms with Gasteiger partial charge < -0.3 is 4.74 Å². The molecule has 3 atom stereocenters. The Morgan fingerprint density at radius 3 is 1.93 bits per heavy atom. The molecule has 1 rings (SSSR count). The fourth-order valence-corrected chi connectivity index (χ4v) is 1.95. The minimum atomic E-state index is 0.0248. The van der Waals surface area contributed by atoms with Crippen molar-refractivity contribution in [1.82, 2.24) is 0 Å². The summed E-state index contributed by atoms with van der Waals surface area (Å²) in [5, 5.41) is 0. The molecule has 0 spiro atoms. The first kappa shape index (κ1) is 12.0. The van der Waals surface area contributed by atoms with Gasteiger partial charge in [0.2, 0.25) is 0 Å². The van der Waals surface area contributed by atoms with Gasteiger partial charge in [-0.25, -0.2) is 0 Å². The van der Waals surface area contributed by atoms with E-state index in [0.717, 1.165) is 11.8 Å². The van der Waals surface area contributed by atoms with Crippen LogP contribution in [0.25, 0.3) is 0 Å². The Bertz CT molecular complexity index is 194. The van der Waals surface area contributed by atoms with E-state index in [1.54, 1.807) is 0 Å². The van der Waals surface area contributed by atoms with Gasteiger partial charge in [0, 0.05) is 0 Å². The minimum absolute atomic E-state index is 0.0248. The highest BCUT2D eigenvalue weighted by Crippen LogP contribution is 2.48. The van der Waals surface area contributed by atoms with Crippen molar-refractivity contribution in [2.75, 3.05) is 0 Å². The molecule has 1 heteroatoms. The predicted octanol–water partition coefficient (Wildman–Crippen LogP) is 3.87. The topological polar surface area (TPSA) is 9.23 Å². The molecule has 14 heavy (non-hydrogen) atoms. The van der Waals surface area contributed by atoms with Gasteiger partial charge >= 0.3 is 0 Å². The molecule has 1 nitrogen and oxygen atoms in total. The second kappa shape index (κ2) is 3.52. The standard InChI is InChI=1S/C13H26O/c1-9(12(2,3)4)10-8-11(10)14-13(5,6)7/h9-11H,8H2,1-7H3. The smallest absolute Gasteiger partial charge is 0.0617 e. The first-order chi connectivity index (χ1) is 6.11. The van der Waals surface area contributed by atoms with E-state index in [4.69, 9.17) is 4.74 Å². The molecule has 0 aromatic carbocycles. The molecule has 0 bridgehead atoms. The number of rotatable bonds is 2. The summed E-state index contributed by atoms with van der Waals surface area (Å²) in [5.41, 5.74) is 0.442. The summed E-state index contributed by atoms with van der Waals surface area (Å²) in [6, 6.07) is 0. The molecule has 0 aliphatic heterocycles. The van der Waals surface area contributed by atoms with E-state index < -0.39 is 0 Å².